The molecule has 154 valence electrons. The van der Waals surface area contributed by atoms with E-state index in [9.17, 15) is 22.4 Å². The van der Waals surface area contributed by atoms with Gasteiger partial charge < -0.3 is 20.5 Å². The van der Waals surface area contributed by atoms with Gasteiger partial charge in [-0.1, -0.05) is 0 Å². The maximum Gasteiger partial charge on any atom is 0.278 e. The molecule has 0 saturated heterocycles. The number of nitrogens with zero attached hydrogens (tertiary/aromatic N) is 2. The molecule has 1 aromatic carbocycles. The Morgan fingerprint density at radius 2 is 2.14 bits per heavy atom. The number of aliphatic imine (C=N–C) groups is 1. The summed E-state index contributed by atoms with van der Waals surface area (Å²) in [5.41, 5.74) is 1.73. The largest absolute Gasteiger partial charge is 0.494 e. The lowest BCUT2D eigenvalue weighted by Gasteiger charge is -2.33. The number of carbonyl (C=O) groups is 1. The van der Waals surface area contributed by atoms with Crippen molar-refractivity contribution in [2.75, 3.05) is 25.6 Å². The Morgan fingerprint density at radius 1 is 1.38 bits per heavy atom. The van der Waals surface area contributed by atoms with Gasteiger partial charge in [-0.15, -0.1) is 0 Å². The Bertz CT molecular complexity index is 970. The summed E-state index contributed by atoms with van der Waals surface area (Å²) in [6.45, 7) is -0.929. The molecule has 1 atom stereocenters. The number of nitrogens with two attached hydrogens (primary N) is 1. The molecule has 7 nitrogen and oxygen atoms in total. The minimum Gasteiger partial charge on any atom is -0.494 e. The van der Waals surface area contributed by atoms with E-state index in [0.29, 0.717) is 6.07 Å². The summed E-state index contributed by atoms with van der Waals surface area (Å²) >= 11 is 0. The Labute approximate surface area is 162 Å². The van der Waals surface area contributed by atoms with Crippen LogP contribution in [-0.4, -0.2) is 43.5 Å². The summed E-state index contributed by atoms with van der Waals surface area (Å²) < 4.78 is 66.4. The van der Waals surface area contributed by atoms with Crippen molar-refractivity contribution in [3.63, 3.8) is 0 Å². The number of methoxy groups -OCH3 is 1. The van der Waals surface area contributed by atoms with E-state index in [4.69, 9.17) is 15.2 Å². The smallest absolute Gasteiger partial charge is 0.278 e. The normalized spacial score (nSPS) is 19.0. The van der Waals surface area contributed by atoms with Crippen molar-refractivity contribution in [2.45, 2.75) is 12.0 Å². The summed E-state index contributed by atoms with van der Waals surface area (Å²) in [6, 6.07) is 4.52. The molecule has 0 unspecified atom stereocenters. The van der Waals surface area contributed by atoms with Crippen molar-refractivity contribution < 1.29 is 31.8 Å². The van der Waals surface area contributed by atoms with E-state index in [2.05, 4.69) is 15.3 Å². The number of rotatable bonds is 5. The average molecular weight is 412 g/mol. The summed E-state index contributed by atoms with van der Waals surface area (Å²) in [5.74, 6) is -3.96. The topological polar surface area (TPSA) is 98.8 Å². The second kappa shape index (κ2) is 8.03. The third-order valence-corrected chi connectivity index (χ3v) is 4.23. The number of benzene rings is 1. The molecule has 3 N–H and O–H groups in total. The first kappa shape index (κ1) is 20.5. The molecule has 1 amide bonds. The van der Waals surface area contributed by atoms with Crippen molar-refractivity contribution >= 4 is 17.4 Å². The quantitative estimate of drug-likeness (QED) is 0.736. The molecular weight excluding hydrogens is 396 g/mol. The molecule has 1 aliphatic rings. The Kier molecular flexibility index (Phi) is 5.69. The van der Waals surface area contributed by atoms with Crippen LogP contribution >= 0.6 is 0 Å². The van der Waals surface area contributed by atoms with Gasteiger partial charge in [0.25, 0.3) is 12.3 Å². The van der Waals surface area contributed by atoms with Crippen LogP contribution in [0.3, 0.4) is 0 Å². The number of nitrogens with one attached hydrogen (secondary N) is 1. The van der Waals surface area contributed by atoms with Crippen LogP contribution in [0.1, 0.15) is 16.1 Å². The minimum atomic E-state index is -3.25. The SMILES string of the molecule is COc1cccnc1C(=O)Nc1cc(F)c(F)c([C@]2(C(F)F)COCC(N)=N2)c1. The zero-order valence-electron chi connectivity index (χ0n) is 15.1. The summed E-state index contributed by atoms with van der Waals surface area (Å²) in [5, 5.41) is 2.29. The maximum atomic E-state index is 14.5. The Morgan fingerprint density at radius 3 is 2.79 bits per heavy atom. The number of hydrogen-bond acceptors (Lipinski definition) is 6. The highest BCUT2D eigenvalue weighted by atomic mass is 19.3. The number of amides is 1. The molecule has 3 rings (SSSR count). The van der Waals surface area contributed by atoms with Crippen molar-refractivity contribution in [3.05, 3.63) is 53.4 Å². The number of ether oxygens (including phenoxy) is 2. The van der Waals surface area contributed by atoms with Gasteiger partial charge in [0.15, 0.2) is 22.9 Å². The second-order valence-corrected chi connectivity index (χ2v) is 6.15. The number of alkyl halides is 2. The highest BCUT2D eigenvalue weighted by Crippen LogP contribution is 2.38. The van der Waals surface area contributed by atoms with Crippen molar-refractivity contribution in [1.29, 1.82) is 0 Å². The molecule has 0 bridgehead atoms. The third kappa shape index (κ3) is 3.86. The lowest BCUT2D eigenvalue weighted by Crippen LogP contribution is -2.45. The van der Waals surface area contributed by atoms with Crippen molar-refractivity contribution in [2.24, 2.45) is 10.7 Å². The zero-order chi connectivity index (χ0) is 21.2. The molecule has 0 fully saturated rings. The molecule has 29 heavy (non-hydrogen) atoms. The molecule has 1 aliphatic heterocycles. The number of carbonyl (C=O) groups excluding carboxylic acids is 1. The van der Waals surface area contributed by atoms with Gasteiger partial charge in [0, 0.05) is 23.5 Å². The van der Waals surface area contributed by atoms with Crippen molar-refractivity contribution in [1.82, 2.24) is 4.98 Å². The van der Waals surface area contributed by atoms with Crippen LogP contribution in [0, 0.1) is 11.6 Å². The predicted octanol–water partition coefficient (Wildman–Crippen LogP) is 2.47. The molecule has 1 aromatic heterocycles. The first-order valence-corrected chi connectivity index (χ1v) is 8.28. The predicted molar refractivity (Wildman–Crippen MR) is 95.2 cm³/mol. The van der Waals surface area contributed by atoms with Crippen LogP contribution in [0.25, 0.3) is 0 Å². The summed E-state index contributed by atoms with van der Waals surface area (Å²) in [4.78, 5) is 20.0. The number of hydrogen-bond donors (Lipinski definition) is 2. The molecule has 2 aromatic rings. The van der Waals surface area contributed by atoms with Crippen LogP contribution in [0.5, 0.6) is 5.75 Å². The van der Waals surface area contributed by atoms with E-state index in [0.717, 1.165) is 6.07 Å². The highest BCUT2D eigenvalue weighted by molar-refractivity contribution is 6.04. The third-order valence-electron chi connectivity index (χ3n) is 4.23. The van der Waals surface area contributed by atoms with Gasteiger partial charge in [0.05, 0.1) is 13.7 Å². The average Bonchev–Trinajstić information content (AvgIpc) is 2.70. The van der Waals surface area contributed by atoms with Crippen LogP contribution in [-0.2, 0) is 10.3 Å². The van der Waals surface area contributed by atoms with Gasteiger partial charge in [-0.3, -0.25) is 9.79 Å². The lowest BCUT2D eigenvalue weighted by atomic mass is 9.89. The summed E-state index contributed by atoms with van der Waals surface area (Å²) in [6.07, 6.45) is -1.92. The van der Waals surface area contributed by atoms with E-state index < -0.39 is 41.7 Å². The van der Waals surface area contributed by atoms with E-state index in [1.54, 1.807) is 0 Å². The van der Waals surface area contributed by atoms with Crippen LogP contribution in [0.15, 0.2) is 35.5 Å². The monoisotopic (exact) mass is 412 g/mol. The van der Waals surface area contributed by atoms with Crippen molar-refractivity contribution in [3.8, 4) is 5.75 Å². The number of aromatic nitrogens is 1. The second-order valence-electron chi connectivity index (χ2n) is 6.15. The number of anilines is 1. The van der Waals surface area contributed by atoms with Gasteiger partial charge in [0.2, 0.25) is 0 Å². The van der Waals surface area contributed by atoms with Gasteiger partial charge in [0.1, 0.15) is 18.2 Å². The first-order chi connectivity index (χ1) is 13.8. The standard InChI is InChI=1S/C18H16F4N4O3/c1-28-12-3-2-4-24-15(12)16(27)25-9-5-10(14(20)11(19)6-9)18(17(21)22)8-29-7-13(23)26-18/h2-6,17H,7-8H2,1H3,(H2,23,26)(H,25,27)/t18-/m0/s1. The van der Waals surface area contributed by atoms with E-state index in [1.807, 2.05) is 0 Å². The molecule has 0 spiro atoms. The molecule has 0 radical (unpaired) electrons. The first-order valence-electron chi connectivity index (χ1n) is 8.28. The lowest BCUT2D eigenvalue weighted by molar-refractivity contribution is -0.0148. The van der Waals surface area contributed by atoms with Gasteiger partial charge >= 0.3 is 0 Å². The molecular formula is C18H16F4N4O3. The van der Waals surface area contributed by atoms with E-state index in [-0.39, 0.29) is 29.6 Å². The molecule has 0 saturated carbocycles. The van der Waals surface area contributed by atoms with Crippen LogP contribution < -0.4 is 15.8 Å². The maximum absolute atomic E-state index is 14.5. The van der Waals surface area contributed by atoms with E-state index >= 15 is 0 Å². The summed E-state index contributed by atoms with van der Waals surface area (Å²) in [7, 11) is 1.32. The molecule has 0 aliphatic carbocycles. The molecule has 2 heterocycles. The highest BCUT2D eigenvalue weighted by Gasteiger charge is 2.47. The van der Waals surface area contributed by atoms with E-state index in [1.165, 1.54) is 25.4 Å². The number of pyridine rings is 1. The zero-order valence-corrected chi connectivity index (χ0v) is 15.1. The Balaban J connectivity index is 2.04. The minimum absolute atomic E-state index is 0.131. The fourth-order valence-electron chi connectivity index (χ4n) is 2.89. The van der Waals surface area contributed by atoms with Crippen LogP contribution in [0.2, 0.25) is 0 Å². The number of halogens is 4. The van der Waals surface area contributed by atoms with Gasteiger partial charge in [-0.25, -0.2) is 22.5 Å². The number of amidine groups is 1. The fraction of sp³-hybridized carbons (Fsp3) is 0.278. The molecule has 11 heteroatoms. The van der Waals surface area contributed by atoms with Crippen LogP contribution in [0.4, 0.5) is 23.2 Å². The Hall–Kier alpha value is -3.21. The van der Waals surface area contributed by atoms with Gasteiger partial charge in [-0.05, 0) is 18.2 Å². The fourth-order valence-corrected chi connectivity index (χ4v) is 2.89. The van der Waals surface area contributed by atoms with Gasteiger partial charge in [-0.2, -0.15) is 0 Å².